The van der Waals surface area contributed by atoms with Crippen molar-refractivity contribution in [3.05, 3.63) is 59.5 Å². The van der Waals surface area contributed by atoms with Gasteiger partial charge in [0.1, 0.15) is 6.17 Å². The third kappa shape index (κ3) is 6.66. The van der Waals surface area contributed by atoms with E-state index in [0.717, 1.165) is 74.0 Å². The number of rotatable bonds is 7. The monoisotopic (exact) mass is 696 g/mol. The molecule has 3 fully saturated rings. The molecule has 1 aliphatic carbocycles. The van der Waals surface area contributed by atoms with E-state index in [0.29, 0.717) is 23.3 Å². The first-order chi connectivity index (χ1) is 23.9. The highest BCUT2D eigenvalue weighted by atomic mass is 19.4. The Balaban J connectivity index is 0.000000510. The molecule has 4 N–H and O–H groups in total. The molecular weight excluding hydrogens is 660 g/mol. The Morgan fingerprint density at radius 1 is 1.12 bits per heavy atom. The summed E-state index contributed by atoms with van der Waals surface area (Å²) in [7, 11) is 1.82. The number of nitrogens with zero attached hydrogens (tertiary/aromatic N) is 7. The molecule has 17 heteroatoms. The zero-order chi connectivity index (χ0) is 35.2. The van der Waals surface area contributed by atoms with Crippen molar-refractivity contribution in [2.24, 2.45) is 5.41 Å². The highest BCUT2D eigenvalue weighted by molar-refractivity contribution is 5.94. The number of aromatic nitrogens is 5. The zero-order valence-corrected chi connectivity index (χ0v) is 27.2. The summed E-state index contributed by atoms with van der Waals surface area (Å²) in [5, 5.41) is 30.6. The predicted octanol–water partition coefficient (Wildman–Crippen LogP) is 3.58. The second-order valence-corrected chi connectivity index (χ2v) is 13.2. The molecule has 264 valence electrons. The lowest BCUT2D eigenvalue weighted by atomic mass is 9.72. The van der Waals surface area contributed by atoms with Crippen LogP contribution in [0.15, 0.2) is 42.6 Å². The van der Waals surface area contributed by atoms with Crippen LogP contribution in [0.5, 0.6) is 0 Å². The van der Waals surface area contributed by atoms with Gasteiger partial charge in [-0.2, -0.15) is 23.4 Å². The Labute approximate surface area is 284 Å². The number of carboxylic acid groups (broad SMARTS) is 1. The van der Waals surface area contributed by atoms with Crippen molar-refractivity contribution >= 4 is 34.7 Å². The number of fused-ring (bicyclic) bond motifs is 2. The van der Waals surface area contributed by atoms with E-state index in [-0.39, 0.29) is 11.6 Å². The van der Waals surface area contributed by atoms with Gasteiger partial charge < -0.3 is 26.0 Å². The van der Waals surface area contributed by atoms with E-state index in [1.807, 2.05) is 19.2 Å². The van der Waals surface area contributed by atoms with E-state index < -0.39 is 24.4 Å². The Bertz CT molecular complexity index is 1900. The number of nitrogens with one attached hydrogen (secondary N) is 3. The molecule has 0 bridgehead atoms. The molecule has 6 heterocycles. The second kappa shape index (κ2) is 13.1. The molecule has 2 atom stereocenters. The molecule has 1 amide bonds. The fourth-order valence-corrected chi connectivity index (χ4v) is 7.00. The van der Waals surface area contributed by atoms with Crippen LogP contribution >= 0.6 is 0 Å². The van der Waals surface area contributed by atoms with Crippen LogP contribution in [0.1, 0.15) is 41.0 Å². The number of hydrogen-bond donors (Lipinski definition) is 4. The Morgan fingerprint density at radius 2 is 1.86 bits per heavy atom. The fourth-order valence-electron chi connectivity index (χ4n) is 7.00. The normalized spacial score (nSPS) is 20.9. The summed E-state index contributed by atoms with van der Waals surface area (Å²) >= 11 is 0. The van der Waals surface area contributed by atoms with Gasteiger partial charge in [0.15, 0.2) is 17.2 Å². The number of halogens is 4. The van der Waals surface area contributed by atoms with Gasteiger partial charge in [0.25, 0.3) is 5.91 Å². The number of hydrogen-bond acceptors (Lipinski definition) is 10. The van der Waals surface area contributed by atoms with Crippen LogP contribution in [0.2, 0.25) is 0 Å². The number of benzene rings is 1. The topological polar surface area (TPSA) is 153 Å². The first kappa shape index (κ1) is 33.6. The smallest absolute Gasteiger partial charge is 0.475 e. The Hall–Kier alpha value is -4.90. The quantitative estimate of drug-likeness (QED) is 0.210. The van der Waals surface area contributed by atoms with Gasteiger partial charge in [0, 0.05) is 57.0 Å². The molecular formula is C33H36F4N10O3. The highest BCUT2D eigenvalue weighted by Crippen LogP contribution is 2.41. The summed E-state index contributed by atoms with van der Waals surface area (Å²) in [6, 6.07) is 11.9. The fraction of sp³-hybridized carbons (Fsp3) is 0.455. The van der Waals surface area contributed by atoms with E-state index in [9.17, 15) is 22.4 Å². The summed E-state index contributed by atoms with van der Waals surface area (Å²) in [6.07, 6.45) is -0.869. The minimum absolute atomic E-state index is 0.278. The maximum atomic E-state index is 13.4. The van der Waals surface area contributed by atoms with Crippen LogP contribution < -0.4 is 20.9 Å². The van der Waals surface area contributed by atoms with Gasteiger partial charge in [0.05, 0.1) is 29.3 Å². The molecule has 1 spiro atoms. The predicted molar refractivity (Wildman–Crippen MR) is 175 cm³/mol. The van der Waals surface area contributed by atoms with Gasteiger partial charge in [-0.25, -0.2) is 18.7 Å². The van der Waals surface area contributed by atoms with Gasteiger partial charge in [-0.15, -0.1) is 5.10 Å². The van der Waals surface area contributed by atoms with E-state index in [1.54, 1.807) is 4.52 Å². The number of carbonyl (C=O) groups excluding carboxylic acids is 1. The molecule has 1 aromatic carbocycles. The lowest BCUT2D eigenvalue weighted by Gasteiger charge is -2.52. The lowest BCUT2D eigenvalue weighted by molar-refractivity contribution is -0.192. The summed E-state index contributed by atoms with van der Waals surface area (Å²) in [5.41, 5.74) is 7.25. The highest BCUT2D eigenvalue weighted by Gasteiger charge is 2.43. The van der Waals surface area contributed by atoms with Crippen molar-refractivity contribution < 1.29 is 32.3 Å². The maximum Gasteiger partial charge on any atom is 0.490 e. The van der Waals surface area contributed by atoms with Crippen molar-refractivity contribution in [3.8, 4) is 11.3 Å². The van der Waals surface area contributed by atoms with Crippen LogP contribution in [-0.2, 0) is 17.8 Å². The molecule has 50 heavy (non-hydrogen) atoms. The van der Waals surface area contributed by atoms with Gasteiger partial charge in [-0.3, -0.25) is 9.69 Å². The number of anilines is 3. The van der Waals surface area contributed by atoms with Crippen molar-refractivity contribution in [3.63, 3.8) is 0 Å². The van der Waals surface area contributed by atoms with E-state index in [4.69, 9.17) is 15.0 Å². The number of imidazole rings is 1. The standard InChI is InChI=1S/C31H35FN10O.C2HF3O2/c1-33-25-14-28(39-42-27(15-35-29(25)42)30(43)36-24-13-22(24)32)41-12-7-21-20(3-2-4-26(21)41)23-6-5-19(37-38-23)16-40-17-31(18-40)8-10-34-11-9-31;3-2(4,5)1(6)7/h2-6,14-15,22,24,33-34H,7-13,16-18H2,1H3,(H,36,43);(H,6,7)/t22-,24+;/m0./s1. The number of likely N-dealkylation sites (tertiary alicyclic amines) is 1. The molecule has 4 aliphatic rings. The molecule has 13 nitrogen and oxygen atoms in total. The average molecular weight is 697 g/mol. The molecule has 3 aliphatic heterocycles. The molecule has 1 saturated carbocycles. The summed E-state index contributed by atoms with van der Waals surface area (Å²) in [5.74, 6) is -2.44. The minimum Gasteiger partial charge on any atom is -0.475 e. The average Bonchev–Trinajstić information content (AvgIpc) is 3.43. The number of carbonyl (C=O) groups is 2. The van der Waals surface area contributed by atoms with Gasteiger partial charge >= 0.3 is 12.1 Å². The van der Waals surface area contributed by atoms with Gasteiger partial charge in [-0.1, -0.05) is 12.1 Å². The Kier molecular flexibility index (Phi) is 8.80. The number of amides is 1. The lowest BCUT2D eigenvalue weighted by Crippen LogP contribution is -2.59. The minimum atomic E-state index is -5.08. The van der Waals surface area contributed by atoms with Crippen LogP contribution in [0.25, 0.3) is 16.9 Å². The number of carboxylic acids is 1. The maximum absolute atomic E-state index is 13.4. The van der Waals surface area contributed by atoms with Gasteiger partial charge in [-0.05, 0) is 61.5 Å². The van der Waals surface area contributed by atoms with Crippen molar-refractivity contribution in [1.29, 1.82) is 0 Å². The van der Waals surface area contributed by atoms with Gasteiger partial charge in [0.2, 0.25) is 0 Å². The third-order valence-electron chi connectivity index (χ3n) is 9.70. The van der Waals surface area contributed by atoms with E-state index >= 15 is 0 Å². The SMILES string of the molecule is CNc1cc(N2CCc3c(-c4ccc(CN5CC6(CCNCC6)C5)nn4)cccc32)nn2c(C(=O)N[C@@H]3C[C@@H]3F)cnc12.O=C(O)C(F)(F)F. The molecule has 8 rings (SSSR count). The van der Waals surface area contributed by atoms with E-state index in [2.05, 4.69) is 65.2 Å². The van der Waals surface area contributed by atoms with Crippen molar-refractivity contribution in [2.75, 3.05) is 50.0 Å². The summed E-state index contributed by atoms with van der Waals surface area (Å²) in [6.45, 7) is 6.14. The largest absolute Gasteiger partial charge is 0.490 e. The van der Waals surface area contributed by atoms with E-state index in [1.165, 1.54) is 24.6 Å². The second-order valence-electron chi connectivity index (χ2n) is 13.2. The van der Waals surface area contributed by atoms with Crippen LogP contribution in [0.3, 0.4) is 0 Å². The zero-order valence-electron chi connectivity index (χ0n) is 27.2. The molecule has 2 saturated heterocycles. The summed E-state index contributed by atoms with van der Waals surface area (Å²) < 4.78 is 46.7. The van der Waals surface area contributed by atoms with Crippen LogP contribution in [-0.4, -0.2) is 105 Å². The number of piperidine rings is 1. The Morgan fingerprint density at radius 3 is 2.50 bits per heavy atom. The molecule has 4 aromatic rings. The first-order valence-electron chi connectivity index (χ1n) is 16.4. The summed E-state index contributed by atoms with van der Waals surface area (Å²) in [4.78, 5) is 30.8. The van der Waals surface area contributed by atoms with Crippen LogP contribution in [0, 0.1) is 5.41 Å². The molecule has 0 unspecified atom stereocenters. The van der Waals surface area contributed by atoms with Crippen LogP contribution in [0.4, 0.5) is 34.8 Å². The molecule has 3 aromatic heterocycles. The third-order valence-corrected chi connectivity index (χ3v) is 9.70. The number of alkyl halides is 4. The van der Waals surface area contributed by atoms with Crippen molar-refractivity contribution in [2.45, 2.75) is 50.6 Å². The van der Waals surface area contributed by atoms with Crippen molar-refractivity contribution in [1.82, 2.24) is 40.3 Å². The molecule has 0 radical (unpaired) electrons. The first-order valence-corrected chi connectivity index (χ1v) is 16.4. The number of aliphatic carboxylic acids is 1.